The molecule has 0 radical (unpaired) electrons. The van der Waals surface area contributed by atoms with Gasteiger partial charge < -0.3 is 27.4 Å². The molecular formula is C21H31N7O2. The predicted molar refractivity (Wildman–Crippen MR) is 119 cm³/mol. The number of hydrogen-bond acceptors (Lipinski definition) is 7. The summed E-state index contributed by atoms with van der Waals surface area (Å²) in [6, 6.07) is 7.25. The Morgan fingerprint density at radius 3 is 2.47 bits per heavy atom. The van der Waals surface area contributed by atoms with Crippen LogP contribution in [0.5, 0.6) is 0 Å². The van der Waals surface area contributed by atoms with Crippen LogP contribution in [0.15, 0.2) is 24.3 Å². The second-order valence-corrected chi connectivity index (χ2v) is 7.39. The first kappa shape index (κ1) is 23.1. The number of rotatable bonds is 10. The number of benzene rings is 1. The van der Waals surface area contributed by atoms with E-state index >= 15 is 0 Å². The average Bonchev–Trinajstić information content (AvgIpc) is 2.67. The van der Waals surface area contributed by atoms with E-state index in [9.17, 15) is 9.59 Å². The van der Waals surface area contributed by atoms with Gasteiger partial charge in [-0.15, -0.1) is 0 Å². The summed E-state index contributed by atoms with van der Waals surface area (Å²) in [7, 11) is 0. The lowest BCUT2D eigenvalue weighted by Gasteiger charge is -2.17. The first-order chi connectivity index (χ1) is 14.2. The molecule has 9 heteroatoms. The van der Waals surface area contributed by atoms with Gasteiger partial charge in [-0.2, -0.15) is 0 Å². The zero-order valence-corrected chi connectivity index (χ0v) is 18.0. The van der Waals surface area contributed by atoms with Crippen LogP contribution in [0.1, 0.15) is 49.4 Å². The summed E-state index contributed by atoms with van der Waals surface area (Å²) in [5.41, 5.74) is 13.6. The predicted octanol–water partition coefficient (Wildman–Crippen LogP) is 1.71. The molecule has 1 unspecified atom stereocenters. The molecule has 0 saturated carbocycles. The molecule has 0 aliphatic rings. The molecule has 0 aliphatic carbocycles. The van der Waals surface area contributed by atoms with Gasteiger partial charge in [0.2, 0.25) is 5.91 Å². The number of anilines is 3. The maximum Gasteiger partial charge on any atom is 0.271 e. The van der Waals surface area contributed by atoms with Gasteiger partial charge in [0.25, 0.3) is 5.91 Å². The van der Waals surface area contributed by atoms with E-state index in [1.807, 2.05) is 45.0 Å². The van der Waals surface area contributed by atoms with Crippen LogP contribution in [0.3, 0.4) is 0 Å². The zero-order valence-electron chi connectivity index (χ0n) is 18.0. The number of hydrogen-bond donors (Lipinski definition) is 5. The molecule has 1 aromatic carbocycles. The Morgan fingerprint density at radius 2 is 1.87 bits per heavy atom. The van der Waals surface area contributed by atoms with Crippen molar-refractivity contribution >= 4 is 29.1 Å². The molecule has 1 aromatic heterocycles. The van der Waals surface area contributed by atoms with Crippen molar-refractivity contribution in [1.82, 2.24) is 15.3 Å². The lowest BCUT2D eigenvalue weighted by atomic mass is 10.1. The lowest BCUT2D eigenvalue weighted by Crippen LogP contribution is -2.39. The van der Waals surface area contributed by atoms with Gasteiger partial charge in [0.1, 0.15) is 5.82 Å². The number of nitrogens with one attached hydrogen (secondary N) is 3. The highest BCUT2D eigenvalue weighted by Crippen LogP contribution is 2.23. The van der Waals surface area contributed by atoms with E-state index < -0.39 is 11.9 Å². The largest absolute Gasteiger partial charge is 0.366 e. The van der Waals surface area contributed by atoms with Crippen LogP contribution in [0, 0.1) is 0 Å². The number of carbonyl (C=O) groups is 2. The molecule has 30 heavy (non-hydrogen) atoms. The fourth-order valence-electron chi connectivity index (χ4n) is 2.80. The van der Waals surface area contributed by atoms with Gasteiger partial charge in [0.15, 0.2) is 11.5 Å². The number of nitrogens with zero attached hydrogens (tertiary/aromatic N) is 2. The van der Waals surface area contributed by atoms with Crippen molar-refractivity contribution in [3.8, 4) is 0 Å². The molecule has 0 saturated heterocycles. The summed E-state index contributed by atoms with van der Waals surface area (Å²) in [5.74, 6) is 0.0810. The van der Waals surface area contributed by atoms with Crippen LogP contribution >= 0.6 is 0 Å². The van der Waals surface area contributed by atoms with Gasteiger partial charge in [0.05, 0.1) is 11.7 Å². The molecule has 1 heterocycles. The molecular weight excluding hydrogens is 382 g/mol. The first-order valence-electron chi connectivity index (χ1n) is 10.1. The van der Waals surface area contributed by atoms with Gasteiger partial charge in [-0.3, -0.25) is 9.59 Å². The Morgan fingerprint density at radius 1 is 1.13 bits per heavy atom. The number of nitrogens with two attached hydrogens (primary N) is 2. The third-order valence-electron chi connectivity index (χ3n) is 4.28. The smallest absolute Gasteiger partial charge is 0.271 e. The summed E-state index contributed by atoms with van der Waals surface area (Å²) < 4.78 is 0. The van der Waals surface area contributed by atoms with Crippen LogP contribution in [0.25, 0.3) is 0 Å². The van der Waals surface area contributed by atoms with Crippen LogP contribution in [0.4, 0.5) is 17.3 Å². The maximum absolute atomic E-state index is 11.9. The maximum atomic E-state index is 11.9. The summed E-state index contributed by atoms with van der Waals surface area (Å²) in [6.45, 7) is 8.07. The van der Waals surface area contributed by atoms with Gasteiger partial charge in [-0.1, -0.05) is 19.1 Å². The van der Waals surface area contributed by atoms with Crippen molar-refractivity contribution in [2.24, 2.45) is 11.5 Å². The second-order valence-electron chi connectivity index (χ2n) is 7.39. The lowest BCUT2D eigenvalue weighted by molar-refractivity contribution is -0.121. The van der Waals surface area contributed by atoms with Gasteiger partial charge in [-0.25, -0.2) is 9.97 Å². The van der Waals surface area contributed by atoms with Crippen molar-refractivity contribution < 1.29 is 9.59 Å². The molecule has 0 spiro atoms. The third kappa shape index (κ3) is 6.41. The molecule has 7 N–H and O–H groups in total. The molecule has 1 atom stereocenters. The molecule has 0 bridgehead atoms. The van der Waals surface area contributed by atoms with Crippen molar-refractivity contribution in [2.75, 3.05) is 17.2 Å². The van der Waals surface area contributed by atoms with E-state index in [0.717, 1.165) is 11.3 Å². The van der Waals surface area contributed by atoms with Crippen LogP contribution in [-0.4, -0.2) is 40.4 Å². The number of amides is 2. The summed E-state index contributed by atoms with van der Waals surface area (Å²) in [5, 5.41) is 9.20. The number of primary amides is 1. The normalized spacial score (nSPS) is 11.8. The Balaban J connectivity index is 2.24. The van der Waals surface area contributed by atoms with E-state index in [0.29, 0.717) is 36.7 Å². The number of aryl methyl sites for hydroxylation is 1. The van der Waals surface area contributed by atoms with E-state index in [2.05, 4.69) is 25.9 Å². The molecule has 0 aliphatic heterocycles. The first-order valence-corrected chi connectivity index (χ1v) is 10.1. The Bertz CT molecular complexity index is 897. The fourth-order valence-corrected chi connectivity index (χ4v) is 2.80. The van der Waals surface area contributed by atoms with Crippen molar-refractivity contribution in [1.29, 1.82) is 0 Å². The molecule has 0 fully saturated rings. The van der Waals surface area contributed by atoms with Crippen molar-refractivity contribution in [2.45, 2.75) is 52.6 Å². The van der Waals surface area contributed by atoms with Crippen LogP contribution in [0.2, 0.25) is 0 Å². The minimum atomic E-state index is -0.648. The van der Waals surface area contributed by atoms with Gasteiger partial charge >= 0.3 is 0 Å². The molecule has 2 aromatic rings. The molecule has 2 amide bonds. The molecule has 2 rings (SSSR count). The van der Waals surface area contributed by atoms with E-state index in [1.165, 1.54) is 0 Å². The molecule has 9 nitrogen and oxygen atoms in total. The minimum absolute atomic E-state index is 0.0933. The van der Waals surface area contributed by atoms with Gasteiger partial charge in [-0.05, 0) is 51.3 Å². The average molecular weight is 414 g/mol. The van der Waals surface area contributed by atoms with E-state index in [4.69, 9.17) is 11.5 Å². The molecule has 162 valence electrons. The van der Waals surface area contributed by atoms with Crippen molar-refractivity contribution in [3.05, 3.63) is 41.2 Å². The highest BCUT2D eigenvalue weighted by Gasteiger charge is 2.17. The quantitative estimate of drug-likeness (QED) is 0.398. The topological polar surface area (TPSA) is 148 Å². The van der Waals surface area contributed by atoms with Crippen LogP contribution < -0.4 is 27.4 Å². The monoisotopic (exact) mass is 413 g/mol. The third-order valence-corrected chi connectivity index (χ3v) is 4.28. The highest BCUT2D eigenvalue weighted by molar-refractivity contribution is 5.96. The van der Waals surface area contributed by atoms with Crippen LogP contribution in [-0.2, 0) is 17.6 Å². The summed E-state index contributed by atoms with van der Waals surface area (Å²) in [4.78, 5) is 32.5. The van der Waals surface area contributed by atoms with E-state index in [-0.39, 0.29) is 17.6 Å². The number of carbonyl (C=O) groups excluding carboxylic acids is 2. The van der Waals surface area contributed by atoms with E-state index in [1.54, 1.807) is 6.92 Å². The minimum Gasteiger partial charge on any atom is -0.366 e. The second kappa shape index (κ2) is 10.5. The van der Waals surface area contributed by atoms with Gasteiger partial charge in [0, 0.05) is 18.3 Å². The Hall–Kier alpha value is -3.20. The zero-order chi connectivity index (χ0) is 22.3. The summed E-state index contributed by atoms with van der Waals surface area (Å²) >= 11 is 0. The SMILES string of the molecule is CCc1nc(C(N)=O)c(Nc2cccc(CCNC(=O)C(C)N)c2)nc1NC(C)C. The fraction of sp³-hybridized carbons (Fsp3) is 0.429. The highest BCUT2D eigenvalue weighted by atomic mass is 16.2. The Labute approximate surface area is 177 Å². The Kier molecular flexibility index (Phi) is 8.11. The standard InChI is InChI=1S/C21H31N7O2/c1-5-16-19(25-12(2)3)28-20(17(27-16)18(23)29)26-15-8-6-7-14(11-15)9-10-24-21(30)13(4)22/h6-8,11-13H,5,9-10,22H2,1-4H3,(H2,23,29)(H,24,30)(H2,25,26,28). The van der Waals surface area contributed by atoms with Crippen molar-refractivity contribution in [3.63, 3.8) is 0 Å². The number of aromatic nitrogens is 2. The summed E-state index contributed by atoms with van der Waals surface area (Å²) in [6.07, 6.45) is 1.25.